The van der Waals surface area contributed by atoms with Crippen molar-refractivity contribution in [1.29, 1.82) is 0 Å². The fourth-order valence-corrected chi connectivity index (χ4v) is 1.33. The molecule has 15 heavy (non-hydrogen) atoms. The van der Waals surface area contributed by atoms with E-state index in [9.17, 15) is 0 Å². The van der Waals surface area contributed by atoms with Crippen LogP contribution in [0.25, 0.3) is 0 Å². The SMILES string of the molecule is Cn1nccc1CNc1ccncc1N. The Morgan fingerprint density at radius 1 is 1.40 bits per heavy atom. The first-order valence-corrected chi connectivity index (χ1v) is 4.67. The summed E-state index contributed by atoms with van der Waals surface area (Å²) in [4.78, 5) is 3.92. The molecule has 0 bridgehead atoms. The Balaban J connectivity index is 2.06. The molecular weight excluding hydrogens is 190 g/mol. The Bertz CT molecular complexity index is 449. The van der Waals surface area contributed by atoms with Gasteiger partial charge in [0, 0.05) is 19.4 Å². The van der Waals surface area contributed by atoms with Crippen LogP contribution >= 0.6 is 0 Å². The molecule has 2 heterocycles. The van der Waals surface area contributed by atoms with Gasteiger partial charge in [0.05, 0.1) is 29.8 Å². The van der Waals surface area contributed by atoms with Crippen LogP contribution in [0.15, 0.2) is 30.7 Å². The molecule has 5 nitrogen and oxygen atoms in total. The molecule has 2 rings (SSSR count). The van der Waals surface area contributed by atoms with Gasteiger partial charge in [-0.2, -0.15) is 5.10 Å². The van der Waals surface area contributed by atoms with Gasteiger partial charge in [0.1, 0.15) is 0 Å². The highest BCUT2D eigenvalue weighted by Crippen LogP contribution is 2.15. The molecule has 0 spiro atoms. The van der Waals surface area contributed by atoms with E-state index in [0.717, 1.165) is 11.4 Å². The van der Waals surface area contributed by atoms with Gasteiger partial charge in [0.15, 0.2) is 0 Å². The average Bonchev–Trinajstić information content (AvgIpc) is 2.63. The molecule has 0 amide bonds. The van der Waals surface area contributed by atoms with E-state index in [1.165, 1.54) is 0 Å². The third-order valence-corrected chi connectivity index (χ3v) is 2.23. The predicted molar refractivity (Wildman–Crippen MR) is 59.2 cm³/mol. The zero-order valence-corrected chi connectivity index (χ0v) is 8.51. The number of pyridine rings is 1. The van der Waals surface area contributed by atoms with Crippen LogP contribution in [0, 0.1) is 0 Å². The summed E-state index contributed by atoms with van der Waals surface area (Å²) >= 11 is 0. The summed E-state index contributed by atoms with van der Waals surface area (Å²) < 4.78 is 1.82. The van der Waals surface area contributed by atoms with E-state index < -0.39 is 0 Å². The second-order valence-corrected chi connectivity index (χ2v) is 3.26. The van der Waals surface area contributed by atoms with Gasteiger partial charge >= 0.3 is 0 Å². The van der Waals surface area contributed by atoms with E-state index in [1.54, 1.807) is 18.6 Å². The lowest BCUT2D eigenvalue weighted by Gasteiger charge is -2.08. The molecule has 0 aliphatic rings. The summed E-state index contributed by atoms with van der Waals surface area (Å²) in [6.07, 6.45) is 5.11. The van der Waals surface area contributed by atoms with Crippen LogP contribution in [0.4, 0.5) is 11.4 Å². The third kappa shape index (κ3) is 2.07. The van der Waals surface area contributed by atoms with E-state index in [4.69, 9.17) is 5.73 Å². The monoisotopic (exact) mass is 203 g/mol. The normalized spacial score (nSPS) is 10.2. The van der Waals surface area contributed by atoms with Gasteiger partial charge in [0.25, 0.3) is 0 Å². The minimum atomic E-state index is 0.652. The Kier molecular flexibility index (Phi) is 2.53. The van der Waals surface area contributed by atoms with Gasteiger partial charge in [-0.1, -0.05) is 0 Å². The van der Waals surface area contributed by atoms with Crippen LogP contribution < -0.4 is 11.1 Å². The standard InChI is InChI=1S/C10H13N5/c1-15-8(2-5-14-15)6-13-10-3-4-12-7-9(10)11/h2-5,7H,6,11H2,1H3,(H,12,13). The Labute approximate surface area is 87.9 Å². The first kappa shape index (κ1) is 9.51. The second-order valence-electron chi connectivity index (χ2n) is 3.26. The Morgan fingerprint density at radius 2 is 2.27 bits per heavy atom. The minimum Gasteiger partial charge on any atom is -0.396 e. The third-order valence-electron chi connectivity index (χ3n) is 2.23. The molecule has 0 atom stereocenters. The summed E-state index contributed by atoms with van der Waals surface area (Å²) in [6.45, 7) is 0.699. The predicted octanol–water partition coefficient (Wildman–Crippen LogP) is 1.01. The molecule has 0 saturated heterocycles. The van der Waals surface area contributed by atoms with Crippen LogP contribution in [0.3, 0.4) is 0 Å². The van der Waals surface area contributed by atoms with Crippen molar-refractivity contribution in [3.63, 3.8) is 0 Å². The lowest BCUT2D eigenvalue weighted by atomic mass is 10.3. The van der Waals surface area contributed by atoms with Gasteiger partial charge in [-0.25, -0.2) is 0 Å². The van der Waals surface area contributed by atoms with Crippen LogP contribution in [0.5, 0.6) is 0 Å². The van der Waals surface area contributed by atoms with Gasteiger partial charge in [-0.3, -0.25) is 9.67 Å². The summed E-state index contributed by atoms with van der Waals surface area (Å²) in [5.74, 6) is 0. The number of hydrogen-bond acceptors (Lipinski definition) is 4. The van der Waals surface area contributed by atoms with E-state index in [-0.39, 0.29) is 0 Å². The number of nitrogens with zero attached hydrogens (tertiary/aromatic N) is 3. The number of hydrogen-bond donors (Lipinski definition) is 2. The summed E-state index contributed by atoms with van der Waals surface area (Å²) in [5, 5.41) is 7.31. The maximum Gasteiger partial charge on any atom is 0.0736 e. The number of anilines is 2. The number of aryl methyl sites for hydroxylation is 1. The number of nitrogens with one attached hydrogen (secondary N) is 1. The topological polar surface area (TPSA) is 68.8 Å². The zero-order valence-electron chi connectivity index (χ0n) is 8.51. The molecular formula is C10H13N5. The Morgan fingerprint density at radius 3 is 2.93 bits per heavy atom. The smallest absolute Gasteiger partial charge is 0.0736 e. The number of nitrogens with two attached hydrogens (primary N) is 1. The summed E-state index contributed by atoms with van der Waals surface area (Å²) in [5.41, 5.74) is 8.40. The average molecular weight is 203 g/mol. The lowest BCUT2D eigenvalue weighted by Crippen LogP contribution is -2.06. The molecule has 3 N–H and O–H groups in total. The highest BCUT2D eigenvalue weighted by Gasteiger charge is 2.00. The van der Waals surface area contributed by atoms with Gasteiger partial charge < -0.3 is 11.1 Å². The number of nitrogen functional groups attached to an aromatic ring is 1. The van der Waals surface area contributed by atoms with Crippen molar-refractivity contribution < 1.29 is 0 Å². The summed E-state index contributed by atoms with van der Waals surface area (Å²) in [6, 6.07) is 3.82. The first-order valence-electron chi connectivity index (χ1n) is 4.67. The van der Waals surface area contributed by atoms with Crippen molar-refractivity contribution in [3.05, 3.63) is 36.4 Å². The van der Waals surface area contributed by atoms with Crippen molar-refractivity contribution in [2.24, 2.45) is 7.05 Å². The van der Waals surface area contributed by atoms with E-state index in [2.05, 4.69) is 15.4 Å². The van der Waals surface area contributed by atoms with Crippen LogP contribution in [-0.4, -0.2) is 14.8 Å². The molecule has 2 aromatic rings. The highest BCUT2D eigenvalue weighted by atomic mass is 15.3. The fraction of sp³-hybridized carbons (Fsp3) is 0.200. The molecule has 78 valence electrons. The first-order chi connectivity index (χ1) is 7.27. The molecule has 0 radical (unpaired) electrons. The maximum absolute atomic E-state index is 5.75. The quantitative estimate of drug-likeness (QED) is 0.781. The van der Waals surface area contributed by atoms with Crippen molar-refractivity contribution in [1.82, 2.24) is 14.8 Å². The highest BCUT2D eigenvalue weighted by molar-refractivity contribution is 5.64. The van der Waals surface area contributed by atoms with Gasteiger partial charge in [-0.05, 0) is 12.1 Å². The van der Waals surface area contributed by atoms with Gasteiger partial charge in [-0.15, -0.1) is 0 Å². The van der Waals surface area contributed by atoms with Crippen LogP contribution in [0.2, 0.25) is 0 Å². The molecule has 0 aromatic carbocycles. The lowest BCUT2D eigenvalue weighted by molar-refractivity contribution is 0.720. The van der Waals surface area contributed by atoms with Gasteiger partial charge in [0.2, 0.25) is 0 Å². The molecule has 0 aliphatic carbocycles. The molecule has 2 aromatic heterocycles. The van der Waals surface area contributed by atoms with Crippen molar-refractivity contribution in [2.75, 3.05) is 11.1 Å². The molecule has 0 aliphatic heterocycles. The van der Waals surface area contributed by atoms with Crippen molar-refractivity contribution in [2.45, 2.75) is 6.54 Å². The second kappa shape index (κ2) is 4.00. The zero-order chi connectivity index (χ0) is 10.7. The van der Waals surface area contributed by atoms with Crippen molar-refractivity contribution >= 4 is 11.4 Å². The van der Waals surface area contributed by atoms with Crippen LogP contribution in [0.1, 0.15) is 5.69 Å². The van der Waals surface area contributed by atoms with E-state index in [0.29, 0.717) is 12.2 Å². The molecule has 0 unspecified atom stereocenters. The number of aromatic nitrogens is 3. The Hall–Kier alpha value is -2.04. The van der Waals surface area contributed by atoms with E-state index in [1.807, 2.05) is 23.9 Å². The fourth-order valence-electron chi connectivity index (χ4n) is 1.33. The van der Waals surface area contributed by atoms with E-state index >= 15 is 0 Å². The molecule has 5 heteroatoms. The number of rotatable bonds is 3. The minimum absolute atomic E-state index is 0.652. The summed E-state index contributed by atoms with van der Waals surface area (Å²) in [7, 11) is 1.91. The van der Waals surface area contributed by atoms with Crippen molar-refractivity contribution in [3.8, 4) is 0 Å². The molecule has 0 fully saturated rings. The maximum atomic E-state index is 5.75. The molecule has 0 saturated carbocycles. The largest absolute Gasteiger partial charge is 0.396 e. The van der Waals surface area contributed by atoms with Crippen LogP contribution in [-0.2, 0) is 13.6 Å².